The molecule has 0 aliphatic carbocycles. The molecule has 0 saturated carbocycles. The Labute approximate surface area is 104 Å². The molecule has 17 heavy (non-hydrogen) atoms. The standard InChI is InChI=1S/C11H14N4OS/c1-8-3-2-4-9(7-8)16-6-5-13-11-14-10(12)15-17-11/h2-4,7H,5-6H2,1H3,(H3,12,13,14,15). The van der Waals surface area contributed by atoms with Crippen LogP contribution < -0.4 is 15.8 Å². The lowest BCUT2D eigenvalue weighted by Gasteiger charge is -2.06. The predicted molar refractivity (Wildman–Crippen MR) is 69.5 cm³/mol. The molecule has 0 bridgehead atoms. The molecule has 0 radical (unpaired) electrons. The second-order valence-corrected chi connectivity index (χ2v) is 4.30. The summed E-state index contributed by atoms with van der Waals surface area (Å²) in [5, 5.41) is 3.81. The largest absolute Gasteiger partial charge is 0.492 e. The molecule has 2 aromatic rings. The van der Waals surface area contributed by atoms with Crippen LogP contribution >= 0.6 is 11.5 Å². The van der Waals surface area contributed by atoms with E-state index in [-0.39, 0.29) is 0 Å². The van der Waals surface area contributed by atoms with Crippen molar-refractivity contribution in [3.8, 4) is 5.75 Å². The Morgan fingerprint density at radius 2 is 2.35 bits per heavy atom. The van der Waals surface area contributed by atoms with Gasteiger partial charge in [0, 0.05) is 11.5 Å². The molecule has 3 N–H and O–H groups in total. The van der Waals surface area contributed by atoms with Gasteiger partial charge in [0.1, 0.15) is 12.4 Å². The first-order valence-electron chi connectivity index (χ1n) is 5.26. The summed E-state index contributed by atoms with van der Waals surface area (Å²) in [7, 11) is 0. The van der Waals surface area contributed by atoms with Gasteiger partial charge in [0.15, 0.2) is 0 Å². The maximum atomic E-state index is 5.58. The lowest BCUT2D eigenvalue weighted by atomic mass is 10.2. The number of hydrogen-bond acceptors (Lipinski definition) is 6. The summed E-state index contributed by atoms with van der Waals surface area (Å²) in [5.41, 5.74) is 6.59. The van der Waals surface area contributed by atoms with Gasteiger partial charge < -0.3 is 15.8 Å². The van der Waals surface area contributed by atoms with E-state index in [1.54, 1.807) is 0 Å². The number of aromatic nitrogens is 2. The van der Waals surface area contributed by atoms with Crippen LogP contribution in [0.15, 0.2) is 24.3 Å². The van der Waals surface area contributed by atoms with Crippen LogP contribution in [-0.4, -0.2) is 22.5 Å². The Hall–Kier alpha value is -1.82. The van der Waals surface area contributed by atoms with Gasteiger partial charge in [-0.3, -0.25) is 0 Å². The summed E-state index contributed by atoms with van der Waals surface area (Å²) in [6.45, 7) is 3.28. The SMILES string of the molecule is Cc1cccc(OCCNc2nc(N)ns2)c1. The quantitative estimate of drug-likeness (QED) is 0.793. The highest BCUT2D eigenvalue weighted by molar-refractivity contribution is 7.09. The smallest absolute Gasteiger partial charge is 0.233 e. The Bertz CT molecular complexity index is 486. The third-order valence-electron chi connectivity index (χ3n) is 2.08. The van der Waals surface area contributed by atoms with E-state index in [1.165, 1.54) is 17.1 Å². The monoisotopic (exact) mass is 250 g/mol. The van der Waals surface area contributed by atoms with Crippen molar-refractivity contribution in [3.05, 3.63) is 29.8 Å². The van der Waals surface area contributed by atoms with Gasteiger partial charge in [-0.2, -0.15) is 9.36 Å². The molecule has 0 aliphatic heterocycles. The van der Waals surface area contributed by atoms with Crippen LogP contribution in [0.5, 0.6) is 5.75 Å². The minimum absolute atomic E-state index is 0.303. The molecule has 1 aromatic heterocycles. The van der Waals surface area contributed by atoms with E-state index in [2.05, 4.69) is 14.7 Å². The molecule has 0 spiro atoms. The molecule has 5 nitrogen and oxygen atoms in total. The Kier molecular flexibility index (Phi) is 3.77. The van der Waals surface area contributed by atoms with Crippen LogP contribution in [0.1, 0.15) is 5.56 Å². The topological polar surface area (TPSA) is 73.1 Å². The van der Waals surface area contributed by atoms with Gasteiger partial charge in [0.05, 0.1) is 6.54 Å². The van der Waals surface area contributed by atoms with Crippen LogP contribution in [0, 0.1) is 6.92 Å². The highest BCUT2D eigenvalue weighted by Gasteiger charge is 1.99. The summed E-state index contributed by atoms with van der Waals surface area (Å²) < 4.78 is 9.45. The van der Waals surface area contributed by atoms with Crippen molar-refractivity contribution < 1.29 is 4.74 Å². The minimum atomic E-state index is 0.303. The first-order chi connectivity index (χ1) is 8.24. The van der Waals surface area contributed by atoms with Crippen molar-refractivity contribution in [2.75, 3.05) is 24.2 Å². The number of hydrogen-bond donors (Lipinski definition) is 2. The summed E-state index contributed by atoms with van der Waals surface area (Å²) in [4.78, 5) is 3.99. The zero-order chi connectivity index (χ0) is 12.1. The van der Waals surface area contributed by atoms with Crippen LogP contribution in [0.3, 0.4) is 0 Å². The zero-order valence-corrected chi connectivity index (χ0v) is 10.3. The van der Waals surface area contributed by atoms with Crippen molar-refractivity contribution >= 4 is 22.6 Å². The van der Waals surface area contributed by atoms with Gasteiger partial charge in [0.25, 0.3) is 0 Å². The number of nitrogens with zero attached hydrogens (tertiary/aromatic N) is 2. The average Bonchev–Trinajstić information content (AvgIpc) is 2.71. The number of nitrogens with two attached hydrogens (primary N) is 1. The molecule has 2 rings (SSSR count). The van der Waals surface area contributed by atoms with E-state index in [0.717, 1.165) is 10.9 Å². The lowest BCUT2D eigenvalue weighted by molar-refractivity contribution is 0.332. The predicted octanol–water partition coefficient (Wildman–Crippen LogP) is 1.92. The molecular formula is C11H14N4OS. The molecule has 90 valence electrons. The van der Waals surface area contributed by atoms with Gasteiger partial charge in [0.2, 0.25) is 11.1 Å². The molecule has 0 saturated heterocycles. The summed E-state index contributed by atoms with van der Waals surface area (Å²) >= 11 is 1.25. The van der Waals surface area contributed by atoms with Crippen molar-refractivity contribution in [1.82, 2.24) is 9.36 Å². The van der Waals surface area contributed by atoms with Gasteiger partial charge >= 0.3 is 0 Å². The molecule has 1 aromatic carbocycles. The number of anilines is 2. The number of nitrogen functional groups attached to an aromatic ring is 1. The first-order valence-corrected chi connectivity index (χ1v) is 6.04. The number of aryl methyl sites for hydroxylation is 1. The number of benzene rings is 1. The molecule has 0 aliphatic rings. The minimum Gasteiger partial charge on any atom is -0.492 e. The van der Waals surface area contributed by atoms with Crippen LogP contribution in [-0.2, 0) is 0 Å². The molecule has 0 amide bonds. The number of nitrogens with one attached hydrogen (secondary N) is 1. The van der Waals surface area contributed by atoms with E-state index >= 15 is 0 Å². The van der Waals surface area contributed by atoms with Crippen LogP contribution in [0.4, 0.5) is 11.1 Å². The highest BCUT2D eigenvalue weighted by Crippen LogP contribution is 2.13. The van der Waals surface area contributed by atoms with E-state index in [4.69, 9.17) is 10.5 Å². The third-order valence-corrected chi connectivity index (χ3v) is 2.77. The molecule has 0 fully saturated rings. The Morgan fingerprint density at radius 3 is 3.06 bits per heavy atom. The average molecular weight is 250 g/mol. The Balaban J connectivity index is 1.73. The van der Waals surface area contributed by atoms with Crippen molar-refractivity contribution in [3.63, 3.8) is 0 Å². The molecule has 0 unspecified atom stereocenters. The summed E-state index contributed by atoms with van der Waals surface area (Å²) in [6.07, 6.45) is 0. The maximum Gasteiger partial charge on any atom is 0.233 e. The first kappa shape index (κ1) is 11.7. The Morgan fingerprint density at radius 1 is 1.47 bits per heavy atom. The van der Waals surface area contributed by atoms with E-state index in [9.17, 15) is 0 Å². The molecule has 6 heteroatoms. The van der Waals surface area contributed by atoms with Crippen molar-refractivity contribution in [2.24, 2.45) is 0 Å². The summed E-state index contributed by atoms with van der Waals surface area (Å²) in [5.74, 6) is 1.18. The van der Waals surface area contributed by atoms with E-state index in [0.29, 0.717) is 19.1 Å². The lowest BCUT2D eigenvalue weighted by Crippen LogP contribution is -2.11. The fourth-order valence-corrected chi connectivity index (χ4v) is 1.86. The fraction of sp³-hybridized carbons (Fsp3) is 0.273. The second-order valence-electron chi connectivity index (χ2n) is 3.55. The van der Waals surface area contributed by atoms with E-state index in [1.807, 2.05) is 31.2 Å². The van der Waals surface area contributed by atoms with Crippen LogP contribution in [0.25, 0.3) is 0 Å². The molecule has 1 heterocycles. The zero-order valence-electron chi connectivity index (χ0n) is 9.51. The normalized spacial score (nSPS) is 10.2. The van der Waals surface area contributed by atoms with Gasteiger partial charge in [-0.25, -0.2) is 0 Å². The van der Waals surface area contributed by atoms with Gasteiger partial charge in [-0.15, -0.1) is 0 Å². The maximum absolute atomic E-state index is 5.58. The second kappa shape index (κ2) is 5.49. The van der Waals surface area contributed by atoms with Gasteiger partial charge in [-0.05, 0) is 24.6 Å². The number of ether oxygens (including phenoxy) is 1. The van der Waals surface area contributed by atoms with Crippen molar-refractivity contribution in [1.29, 1.82) is 0 Å². The third kappa shape index (κ3) is 3.60. The van der Waals surface area contributed by atoms with Crippen molar-refractivity contribution in [2.45, 2.75) is 6.92 Å². The van der Waals surface area contributed by atoms with Crippen LogP contribution in [0.2, 0.25) is 0 Å². The van der Waals surface area contributed by atoms with Gasteiger partial charge in [-0.1, -0.05) is 12.1 Å². The summed E-state index contributed by atoms with van der Waals surface area (Å²) in [6, 6.07) is 7.96. The molecule has 0 atom stereocenters. The van der Waals surface area contributed by atoms with E-state index < -0.39 is 0 Å². The number of rotatable bonds is 5. The molecular weight excluding hydrogens is 236 g/mol. The fourth-order valence-electron chi connectivity index (χ4n) is 1.34. The highest BCUT2D eigenvalue weighted by atomic mass is 32.1.